The highest BCUT2D eigenvalue weighted by Crippen LogP contribution is 2.31. The maximum atomic E-state index is 12.0. The van der Waals surface area contributed by atoms with Crippen LogP contribution in [0.4, 0.5) is 0 Å². The molecule has 2 N–H and O–H groups in total. The minimum atomic E-state index is -0.825. The van der Waals surface area contributed by atoms with Crippen molar-refractivity contribution < 1.29 is 14.7 Å². The number of rotatable bonds is 2. The van der Waals surface area contributed by atoms with E-state index in [2.05, 4.69) is 15.4 Å². The zero-order chi connectivity index (χ0) is 13.3. The first kappa shape index (κ1) is 12.8. The summed E-state index contributed by atoms with van der Waals surface area (Å²) in [6, 6.07) is 0. The van der Waals surface area contributed by atoms with Crippen LogP contribution >= 0.6 is 11.6 Å². The Bertz CT molecular complexity index is 479. The van der Waals surface area contributed by atoms with E-state index in [9.17, 15) is 9.59 Å². The van der Waals surface area contributed by atoms with Crippen LogP contribution < -0.4 is 0 Å². The van der Waals surface area contributed by atoms with Crippen LogP contribution in [0.1, 0.15) is 30.3 Å². The quantitative estimate of drug-likeness (QED) is 0.829. The molecule has 0 aliphatic carbocycles. The second-order valence-electron chi connectivity index (χ2n) is 4.62. The molecular formula is C10H13ClN4O3. The number of carboxylic acid groups (broad SMARTS) is 1. The van der Waals surface area contributed by atoms with E-state index in [1.54, 1.807) is 11.8 Å². The monoisotopic (exact) mass is 272 g/mol. The average Bonchev–Trinajstić information content (AvgIpc) is 2.75. The molecule has 0 atom stereocenters. The summed E-state index contributed by atoms with van der Waals surface area (Å²) >= 11 is 5.71. The van der Waals surface area contributed by atoms with Crippen molar-refractivity contribution in [2.75, 3.05) is 13.1 Å². The second-order valence-corrected chi connectivity index (χ2v) is 4.98. The first-order valence-electron chi connectivity index (χ1n) is 5.53. The number of likely N-dealkylation sites (tertiary alicyclic amines) is 1. The smallest absolute Gasteiger partial charge is 0.309 e. The molecule has 18 heavy (non-hydrogen) atoms. The Kier molecular flexibility index (Phi) is 3.25. The Morgan fingerprint density at radius 3 is 2.44 bits per heavy atom. The van der Waals surface area contributed by atoms with Crippen molar-refractivity contribution in [2.45, 2.75) is 19.8 Å². The molecule has 1 fully saturated rings. The highest BCUT2D eigenvalue weighted by atomic mass is 35.5. The lowest BCUT2D eigenvalue weighted by Gasteiger charge is -2.36. The lowest BCUT2D eigenvalue weighted by molar-refractivity contribution is -0.150. The van der Waals surface area contributed by atoms with Crippen LogP contribution in [0, 0.1) is 5.41 Å². The van der Waals surface area contributed by atoms with Crippen molar-refractivity contribution >= 4 is 23.5 Å². The van der Waals surface area contributed by atoms with E-state index in [1.165, 1.54) is 0 Å². The van der Waals surface area contributed by atoms with Crippen LogP contribution in [0.5, 0.6) is 0 Å². The molecule has 98 valence electrons. The van der Waals surface area contributed by atoms with Crippen molar-refractivity contribution in [3.8, 4) is 0 Å². The molecule has 8 heteroatoms. The second kappa shape index (κ2) is 4.56. The molecule has 1 saturated heterocycles. The topological polar surface area (TPSA) is 99.2 Å². The molecule has 0 aromatic carbocycles. The Balaban J connectivity index is 2.05. The van der Waals surface area contributed by atoms with Gasteiger partial charge in [-0.2, -0.15) is 5.21 Å². The summed E-state index contributed by atoms with van der Waals surface area (Å²) in [5.41, 5.74) is -0.680. The predicted molar refractivity (Wildman–Crippen MR) is 62.3 cm³/mol. The van der Waals surface area contributed by atoms with Gasteiger partial charge in [-0.15, -0.1) is 10.2 Å². The number of amides is 1. The summed E-state index contributed by atoms with van der Waals surface area (Å²) in [5.74, 6) is -1.14. The van der Waals surface area contributed by atoms with Crippen molar-refractivity contribution in [3.05, 3.63) is 10.8 Å². The van der Waals surface area contributed by atoms with Gasteiger partial charge in [0.2, 0.25) is 0 Å². The van der Waals surface area contributed by atoms with Crippen molar-refractivity contribution in [3.63, 3.8) is 0 Å². The molecule has 7 nitrogen and oxygen atoms in total. The Hall–Kier alpha value is -1.63. The van der Waals surface area contributed by atoms with Crippen LogP contribution in [0.25, 0.3) is 0 Å². The summed E-state index contributed by atoms with van der Waals surface area (Å²) < 4.78 is 0. The number of aliphatic carboxylic acids is 1. The number of carbonyl (C=O) groups is 2. The number of aromatic nitrogens is 3. The van der Waals surface area contributed by atoms with Gasteiger partial charge in [-0.1, -0.05) is 11.6 Å². The standard InChI is InChI=1S/C10H13ClN4O3/c1-10(9(17)18)2-4-15(5-3-10)8(16)6-7(11)13-14-12-6/h2-5H2,1H3,(H,17,18)(H,12,13,14). The molecule has 0 bridgehead atoms. The van der Waals surface area contributed by atoms with E-state index in [-0.39, 0.29) is 16.8 Å². The summed E-state index contributed by atoms with van der Waals surface area (Å²) in [4.78, 5) is 24.7. The van der Waals surface area contributed by atoms with Gasteiger partial charge in [0.1, 0.15) is 0 Å². The summed E-state index contributed by atoms with van der Waals surface area (Å²) in [7, 11) is 0. The van der Waals surface area contributed by atoms with Crippen LogP contribution in [0.15, 0.2) is 0 Å². The van der Waals surface area contributed by atoms with E-state index in [0.29, 0.717) is 25.9 Å². The molecule has 0 radical (unpaired) electrons. The maximum absolute atomic E-state index is 12.0. The van der Waals surface area contributed by atoms with Crippen LogP contribution in [0.2, 0.25) is 5.15 Å². The van der Waals surface area contributed by atoms with Crippen molar-refractivity contribution in [2.24, 2.45) is 5.41 Å². The molecule has 1 aromatic rings. The zero-order valence-corrected chi connectivity index (χ0v) is 10.6. The highest BCUT2D eigenvalue weighted by Gasteiger charge is 2.38. The van der Waals surface area contributed by atoms with Crippen LogP contribution in [-0.2, 0) is 4.79 Å². The normalized spacial score (nSPS) is 18.7. The minimum Gasteiger partial charge on any atom is -0.481 e. The number of piperidine rings is 1. The maximum Gasteiger partial charge on any atom is 0.309 e. The van der Waals surface area contributed by atoms with Gasteiger partial charge in [0.15, 0.2) is 10.8 Å². The Morgan fingerprint density at radius 1 is 1.39 bits per heavy atom. The first-order valence-corrected chi connectivity index (χ1v) is 5.91. The number of nitrogens with zero attached hydrogens (tertiary/aromatic N) is 3. The predicted octanol–water partition coefficient (Wildman–Crippen LogP) is 0.785. The number of aromatic amines is 1. The lowest BCUT2D eigenvalue weighted by atomic mass is 9.80. The van der Waals surface area contributed by atoms with E-state index in [0.717, 1.165) is 0 Å². The fourth-order valence-corrected chi connectivity index (χ4v) is 2.08. The van der Waals surface area contributed by atoms with E-state index in [1.807, 2.05) is 0 Å². The Labute approximate surface area is 108 Å². The number of carboxylic acids is 1. The number of halogens is 1. The lowest BCUT2D eigenvalue weighted by Crippen LogP contribution is -2.45. The van der Waals surface area contributed by atoms with E-state index in [4.69, 9.17) is 16.7 Å². The fourth-order valence-electron chi connectivity index (χ4n) is 1.92. The van der Waals surface area contributed by atoms with E-state index >= 15 is 0 Å². The SMILES string of the molecule is CC1(C(=O)O)CCN(C(=O)c2n[nH]nc2Cl)CC1. The molecule has 2 rings (SSSR count). The number of H-pyrrole nitrogens is 1. The van der Waals surface area contributed by atoms with Crippen molar-refractivity contribution in [1.82, 2.24) is 20.3 Å². The summed E-state index contributed by atoms with van der Waals surface area (Å²) in [6.07, 6.45) is 0.840. The van der Waals surface area contributed by atoms with Gasteiger partial charge in [-0.25, -0.2) is 0 Å². The third-order valence-electron chi connectivity index (χ3n) is 3.38. The van der Waals surface area contributed by atoms with Gasteiger partial charge in [0.05, 0.1) is 5.41 Å². The zero-order valence-electron chi connectivity index (χ0n) is 9.81. The molecule has 0 saturated carbocycles. The molecule has 1 aliphatic rings. The van der Waals surface area contributed by atoms with Crippen LogP contribution in [-0.4, -0.2) is 50.4 Å². The summed E-state index contributed by atoms with van der Waals surface area (Å²) in [6.45, 7) is 2.45. The molecule has 0 spiro atoms. The molecule has 1 aliphatic heterocycles. The third-order valence-corrected chi connectivity index (χ3v) is 3.64. The number of hydrogen-bond acceptors (Lipinski definition) is 4. The van der Waals surface area contributed by atoms with E-state index < -0.39 is 11.4 Å². The van der Waals surface area contributed by atoms with Crippen molar-refractivity contribution in [1.29, 1.82) is 0 Å². The largest absolute Gasteiger partial charge is 0.481 e. The average molecular weight is 273 g/mol. The minimum absolute atomic E-state index is 0.0339. The van der Waals surface area contributed by atoms with Gasteiger partial charge in [-0.3, -0.25) is 9.59 Å². The van der Waals surface area contributed by atoms with Gasteiger partial charge < -0.3 is 10.0 Å². The number of nitrogens with one attached hydrogen (secondary N) is 1. The third kappa shape index (κ3) is 2.17. The molecule has 1 aromatic heterocycles. The van der Waals surface area contributed by atoms with Gasteiger partial charge in [0.25, 0.3) is 5.91 Å². The molecular weight excluding hydrogens is 260 g/mol. The molecule has 2 heterocycles. The number of hydrogen-bond donors (Lipinski definition) is 2. The van der Waals surface area contributed by atoms with Gasteiger partial charge in [0, 0.05) is 13.1 Å². The van der Waals surface area contributed by atoms with Gasteiger partial charge in [-0.05, 0) is 19.8 Å². The fraction of sp³-hybridized carbons (Fsp3) is 0.600. The molecule has 1 amide bonds. The first-order chi connectivity index (χ1) is 8.44. The van der Waals surface area contributed by atoms with Crippen LogP contribution in [0.3, 0.4) is 0 Å². The Morgan fingerprint density at radius 2 is 2.00 bits per heavy atom. The van der Waals surface area contributed by atoms with Gasteiger partial charge >= 0.3 is 5.97 Å². The summed E-state index contributed by atoms with van der Waals surface area (Å²) in [5, 5.41) is 18.7. The highest BCUT2D eigenvalue weighted by molar-refractivity contribution is 6.32. The molecule has 0 unspecified atom stereocenters. The number of carbonyl (C=O) groups excluding carboxylic acids is 1.